The van der Waals surface area contributed by atoms with Gasteiger partial charge in [0, 0.05) is 6.04 Å². The second-order valence-electron chi connectivity index (χ2n) is 6.21. The van der Waals surface area contributed by atoms with E-state index in [2.05, 4.69) is 24.1 Å². The third-order valence-electron chi connectivity index (χ3n) is 4.08. The molecule has 1 aromatic carbocycles. The number of hydrogen-bond acceptors (Lipinski definition) is 4. The van der Waals surface area contributed by atoms with E-state index >= 15 is 0 Å². The van der Waals surface area contributed by atoms with Gasteiger partial charge >= 0.3 is 0 Å². The van der Waals surface area contributed by atoms with Gasteiger partial charge in [-0.1, -0.05) is 26.0 Å². The fourth-order valence-electron chi connectivity index (χ4n) is 2.60. The average molecular weight is 349 g/mol. The van der Waals surface area contributed by atoms with Crippen LogP contribution < -0.4 is 15.8 Å². The summed E-state index contributed by atoms with van der Waals surface area (Å²) >= 11 is 0. The van der Waals surface area contributed by atoms with Gasteiger partial charge < -0.3 is 20.7 Å². The molecule has 0 saturated carbocycles. The summed E-state index contributed by atoms with van der Waals surface area (Å²) in [6, 6.07) is 7.14. The zero-order valence-corrected chi connectivity index (χ0v) is 15.6. The summed E-state index contributed by atoms with van der Waals surface area (Å²) in [5.41, 5.74) is 5.97. The summed E-state index contributed by atoms with van der Waals surface area (Å²) in [7, 11) is 0. The van der Waals surface area contributed by atoms with Gasteiger partial charge in [0.15, 0.2) is 6.61 Å². The molecule has 0 fully saturated rings. The number of rotatable bonds is 12. The second-order valence-corrected chi connectivity index (χ2v) is 6.21. The topological polar surface area (TPSA) is 84.7 Å². The Balaban J connectivity index is 2.26. The Morgan fingerprint density at radius 3 is 2.40 bits per heavy atom. The summed E-state index contributed by atoms with van der Waals surface area (Å²) in [6.45, 7) is 9.49. The van der Waals surface area contributed by atoms with Gasteiger partial charge in [0.2, 0.25) is 5.91 Å². The zero-order chi connectivity index (χ0) is 18.7. The Labute approximate surface area is 150 Å². The van der Waals surface area contributed by atoms with Crippen molar-refractivity contribution in [3.8, 4) is 5.75 Å². The molecule has 0 radical (unpaired) electrons. The number of amides is 2. The molecule has 0 heterocycles. The monoisotopic (exact) mass is 349 g/mol. The highest BCUT2D eigenvalue weighted by Crippen LogP contribution is 2.12. The number of carbonyl (C=O) groups is 2. The van der Waals surface area contributed by atoms with Crippen molar-refractivity contribution in [3.05, 3.63) is 29.8 Å². The van der Waals surface area contributed by atoms with E-state index in [4.69, 9.17) is 10.5 Å². The van der Waals surface area contributed by atoms with E-state index in [0.717, 1.165) is 38.0 Å². The molecular weight excluding hydrogens is 318 g/mol. The van der Waals surface area contributed by atoms with Crippen LogP contribution in [0.1, 0.15) is 39.2 Å². The highest BCUT2D eigenvalue weighted by atomic mass is 16.5. The minimum absolute atomic E-state index is 0.0183. The Hall–Kier alpha value is -2.08. The second kappa shape index (κ2) is 11.5. The summed E-state index contributed by atoms with van der Waals surface area (Å²) in [5, 5.41) is 2.95. The molecule has 6 nitrogen and oxygen atoms in total. The quantitative estimate of drug-likeness (QED) is 0.602. The smallest absolute Gasteiger partial charge is 0.258 e. The number of hydrogen-bond donors (Lipinski definition) is 2. The molecule has 25 heavy (non-hydrogen) atoms. The van der Waals surface area contributed by atoms with Crippen molar-refractivity contribution < 1.29 is 14.3 Å². The summed E-state index contributed by atoms with van der Waals surface area (Å²) in [4.78, 5) is 25.2. The maximum absolute atomic E-state index is 11.9. The first-order valence-electron chi connectivity index (χ1n) is 8.96. The molecule has 0 saturated heterocycles. The van der Waals surface area contributed by atoms with Gasteiger partial charge in [-0.05, 0) is 57.1 Å². The van der Waals surface area contributed by atoms with Crippen molar-refractivity contribution in [2.45, 2.75) is 46.1 Å². The standard InChI is InChI=1S/C19H31N3O3/c1-4-22(5-2)12-6-7-15(3)21-19(24)14-25-17-10-8-16(9-11-17)13-18(20)23/h8-11,15H,4-7,12-14H2,1-3H3,(H2,20,23)(H,21,24). The largest absolute Gasteiger partial charge is 0.484 e. The lowest BCUT2D eigenvalue weighted by Gasteiger charge is -2.19. The van der Waals surface area contributed by atoms with Crippen molar-refractivity contribution in [3.63, 3.8) is 0 Å². The molecule has 0 aliphatic heterocycles. The van der Waals surface area contributed by atoms with Crippen LogP contribution in [0.4, 0.5) is 0 Å². The fraction of sp³-hybridized carbons (Fsp3) is 0.579. The van der Waals surface area contributed by atoms with Crippen LogP contribution in [0.5, 0.6) is 5.75 Å². The third kappa shape index (κ3) is 9.10. The Bertz CT molecular complexity index is 527. The number of carbonyl (C=O) groups excluding carboxylic acids is 2. The molecule has 2 amide bonds. The van der Waals surface area contributed by atoms with Gasteiger partial charge in [0.1, 0.15) is 5.75 Å². The molecule has 0 aromatic heterocycles. The molecule has 1 rings (SSSR count). The van der Waals surface area contributed by atoms with Gasteiger partial charge in [-0.3, -0.25) is 9.59 Å². The van der Waals surface area contributed by atoms with Crippen LogP contribution in [0.3, 0.4) is 0 Å². The van der Waals surface area contributed by atoms with E-state index in [1.54, 1.807) is 24.3 Å². The molecule has 1 aromatic rings. The van der Waals surface area contributed by atoms with E-state index < -0.39 is 0 Å². The number of nitrogens with one attached hydrogen (secondary N) is 1. The average Bonchev–Trinajstić information content (AvgIpc) is 2.57. The lowest BCUT2D eigenvalue weighted by molar-refractivity contribution is -0.123. The molecule has 0 aliphatic carbocycles. The summed E-state index contributed by atoms with van der Waals surface area (Å²) < 4.78 is 5.47. The zero-order valence-electron chi connectivity index (χ0n) is 15.6. The van der Waals surface area contributed by atoms with Gasteiger partial charge in [-0.15, -0.1) is 0 Å². The normalized spacial score (nSPS) is 12.0. The van der Waals surface area contributed by atoms with Crippen LogP contribution in [0, 0.1) is 0 Å². The van der Waals surface area contributed by atoms with Crippen LogP contribution in [-0.2, 0) is 16.0 Å². The first-order chi connectivity index (χ1) is 11.9. The molecule has 140 valence electrons. The van der Waals surface area contributed by atoms with Crippen LogP contribution >= 0.6 is 0 Å². The van der Waals surface area contributed by atoms with Gasteiger partial charge in [-0.25, -0.2) is 0 Å². The molecule has 0 spiro atoms. The molecule has 0 aliphatic rings. The van der Waals surface area contributed by atoms with Crippen LogP contribution in [0.15, 0.2) is 24.3 Å². The van der Waals surface area contributed by atoms with Crippen molar-refractivity contribution in [2.24, 2.45) is 5.73 Å². The number of nitrogens with zero attached hydrogens (tertiary/aromatic N) is 1. The van der Waals surface area contributed by atoms with Gasteiger partial charge in [0.05, 0.1) is 6.42 Å². The Morgan fingerprint density at radius 2 is 1.84 bits per heavy atom. The predicted octanol–water partition coefficient (Wildman–Crippen LogP) is 1.72. The number of ether oxygens (including phenoxy) is 1. The van der Waals surface area contributed by atoms with Crippen molar-refractivity contribution in [2.75, 3.05) is 26.2 Å². The van der Waals surface area contributed by atoms with Crippen LogP contribution in [-0.4, -0.2) is 49.0 Å². The Morgan fingerprint density at radius 1 is 1.20 bits per heavy atom. The molecule has 0 bridgehead atoms. The number of primary amides is 1. The SMILES string of the molecule is CCN(CC)CCCC(C)NC(=O)COc1ccc(CC(N)=O)cc1. The predicted molar refractivity (Wildman–Crippen MR) is 99.5 cm³/mol. The highest BCUT2D eigenvalue weighted by Gasteiger charge is 2.09. The van der Waals surface area contributed by atoms with Crippen molar-refractivity contribution >= 4 is 11.8 Å². The van der Waals surface area contributed by atoms with Crippen LogP contribution in [0.2, 0.25) is 0 Å². The summed E-state index contributed by atoms with van der Waals surface area (Å²) in [5.74, 6) is 0.0946. The van der Waals surface area contributed by atoms with E-state index in [-0.39, 0.29) is 30.9 Å². The van der Waals surface area contributed by atoms with E-state index in [1.807, 2.05) is 6.92 Å². The van der Waals surface area contributed by atoms with Crippen molar-refractivity contribution in [1.82, 2.24) is 10.2 Å². The molecular formula is C19H31N3O3. The van der Waals surface area contributed by atoms with Gasteiger partial charge in [0.25, 0.3) is 5.91 Å². The van der Waals surface area contributed by atoms with E-state index in [9.17, 15) is 9.59 Å². The lowest BCUT2D eigenvalue weighted by Crippen LogP contribution is -2.36. The number of nitrogens with two attached hydrogens (primary N) is 1. The van der Waals surface area contributed by atoms with Gasteiger partial charge in [-0.2, -0.15) is 0 Å². The minimum Gasteiger partial charge on any atom is -0.484 e. The molecule has 1 atom stereocenters. The fourth-order valence-corrected chi connectivity index (χ4v) is 2.60. The highest BCUT2D eigenvalue weighted by molar-refractivity contribution is 5.78. The summed E-state index contributed by atoms with van der Waals surface area (Å²) in [6.07, 6.45) is 2.21. The van der Waals surface area contributed by atoms with Crippen molar-refractivity contribution in [1.29, 1.82) is 0 Å². The molecule has 1 unspecified atom stereocenters. The van der Waals surface area contributed by atoms with Crippen LogP contribution in [0.25, 0.3) is 0 Å². The lowest BCUT2D eigenvalue weighted by atomic mass is 10.1. The maximum Gasteiger partial charge on any atom is 0.258 e. The van der Waals surface area contributed by atoms with E-state index in [1.165, 1.54) is 0 Å². The maximum atomic E-state index is 11.9. The molecule has 6 heteroatoms. The molecule has 3 N–H and O–H groups in total. The first-order valence-corrected chi connectivity index (χ1v) is 8.96. The minimum atomic E-state index is -0.372. The number of benzene rings is 1. The third-order valence-corrected chi connectivity index (χ3v) is 4.08. The van der Waals surface area contributed by atoms with E-state index in [0.29, 0.717) is 5.75 Å². The first kappa shape index (κ1) is 21.0. The Kier molecular flexibility index (Phi) is 9.62.